The van der Waals surface area contributed by atoms with Gasteiger partial charge in [-0.25, -0.2) is 4.98 Å². The van der Waals surface area contributed by atoms with E-state index in [9.17, 15) is 9.59 Å². The number of fused-ring (bicyclic) bond motifs is 1. The van der Waals surface area contributed by atoms with E-state index in [1.165, 1.54) is 5.56 Å². The third-order valence-electron chi connectivity index (χ3n) is 6.18. The third kappa shape index (κ3) is 4.99. The van der Waals surface area contributed by atoms with Gasteiger partial charge < -0.3 is 10.2 Å². The number of nitrogens with one attached hydrogen (secondary N) is 1. The average molecular weight is 461 g/mol. The molecule has 3 aromatic rings. The van der Waals surface area contributed by atoms with Crippen LogP contribution in [-0.2, 0) is 17.8 Å². The second-order valence-corrected chi connectivity index (χ2v) is 10.1. The van der Waals surface area contributed by atoms with Crippen LogP contribution in [-0.4, -0.2) is 47.9 Å². The highest BCUT2D eigenvalue weighted by Gasteiger charge is 2.26. The second-order valence-electron chi connectivity index (χ2n) is 9.01. The standard InChI is InChI=1S/C26H28N4O2S/c1-17-27-23(16-33-17)20-7-10-24-21(13-20)11-12-30(24)25(31)15-29(2)14-18-3-5-19(6-4-18)26(32)28-22-8-9-22/h3-7,10,13,16,22H,8-9,11-12,14-15H2,1-2H3,(H,28,32). The van der Waals surface area contributed by atoms with E-state index in [0.29, 0.717) is 31.2 Å². The molecule has 2 amide bonds. The van der Waals surface area contributed by atoms with Crippen molar-refractivity contribution in [1.29, 1.82) is 0 Å². The quantitative estimate of drug-likeness (QED) is 0.578. The first kappa shape index (κ1) is 21.8. The van der Waals surface area contributed by atoms with Crippen LogP contribution in [0, 0.1) is 6.92 Å². The van der Waals surface area contributed by atoms with Crippen molar-refractivity contribution in [2.75, 3.05) is 25.0 Å². The fourth-order valence-corrected chi connectivity index (χ4v) is 4.88. The topological polar surface area (TPSA) is 65.5 Å². The zero-order valence-corrected chi connectivity index (χ0v) is 19.8. The van der Waals surface area contributed by atoms with Crippen LogP contribution in [0.25, 0.3) is 11.3 Å². The Morgan fingerprint density at radius 1 is 1.18 bits per heavy atom. The number of likely N-dealkylation sites (N-methyl/N-ethyl adjacent to an activating group) is 1. The summed E-state index contributed by atoms with van der Waals surface area (Å²) in [6.07, 6.45) is 3.03. The molecular weight excluding hydrogens is 432 g/mol. The molecule has 1 N–H and O–H groups in total. The van der Waals surface area contributed by atoms with E-state index in [1.807, 2.05) is 48.0 Å². The first-order valence-corrected chi connectivity index (χ1v) is 12.3. The Bertz CT molecular complexity index is 1180. The number of aromatic nitrogens is 1. The molecule has 1 fully saturated rings. The van der Waals surface area contributed by atoms with Gasteiger partial charge in [0.05, 0.1) is 17.2 Å². The van der Waals surface area contributed by atoms with Crippen molar-refractivity contribution < 1.29 is 9.59 Å². The van der Waals surface area contributed by atoms with Crippen molar-refractivity contribution in [2.45, 2.75) is 38.8 Å². The number of amides is 2. The highest BCUT2D eigenvalue weighted by atomic mass is 32.1. The Morgan fingerprint density at radius 2 is 1.97 bits per heavy atom. The number of thiazole rings is 1. The van der Waals surface area contributed by atoms with Gasteiger partial charge in [-0.15, -0.1) is 11.3 Å². The molecule has 6 nitrogen and oxygen atoms in total. The van der Waals surface area contributed by atoms with Crippen LogP contribution in [0.5, 0.6) is 0 Å². The van der Waals surface area contributed by atoms with Gasteiger partial charge in [0.2, 0.25) is 5.91 Å². The lowest BCUT2D eigenvalue weighted by molar-refractivity contribution is -0.119. The summed E-state index contributed by atoms with van der Waals surface area (Å²) in [5.74, 6) is 0.0993. The van der Waals surface area contributed by atoms with Gasteiger partial charge in [0.1, 0.15) is 0 Å². The monoisotopic (exact) mass is 460 g/mol. The van der Waals surface area contributed by atoms with Crippen LogP contribution in [0.2, 0.25) is 0 Å². The molecule has 170 valence electrons. The minimum Gasteiger partial charge on any atom is -0.349 e. The number of aryl methyl sites for hydroxylation is 1. The third-order valence-corrected chi connectivity index (χ3v) is 6.95. The molecule has 0 atom stereocenters. The van der Waals surface area contributed by atoms with E-state index in [1.54, 1.807) is 11.3 Å². The Balaban J connectivity index is 1.18. The zero-order valence-electron chi connectivity index (χ0n) is 19.0. The van der Waals surface area contributed by atoms with Gasteiger partial charge in [0.25, 0.3) is 5.91 Å². The van der Waals surface area contributed by atoms with Crippen LogP contribution in [0.1, 0.15) is 39.3 Å². The summed E-state index contributed by atoms with van der Waals surface area (Å²) in [6, 6.07) is 14.3. The number of nitrogens with zero attached hydrogens (tertiary/aromatic N) is 3. The first-order chi connectivity index (χ1) is 16.0. The molecule has 1 aromatic heterocycles. The van der Waals surface area contributed by atoms with Gasteiger partial charge >= 0.3 is 0 Å². The maximum Gasteiger partial charge on any atom is 0.251 e. The molecule has 1 aliphatic carbocycles. The summed E-state index contributed by atoms with van der Waals surface area (Å²) in [7, 11) is 1.95. The van der Waals surface area contributed by atoms with Crippen molar-refractivity contribution in [1.82, 2.24) is 15.2 Å². The summed E-state index contributed by atoms with van der Waals surface area (Å²) in [6.45, 7) is 3.72. The van der Waals surface area contributed by atoms with Crippen LogP contribution >= 0.6 is 11.3 Å². The summed E-state index contributed by atoms with van der Waals surface area (Å²) >= 11 is 1.65. The lowest BCUT2D eigenvalue weighted by Crippen LogP contribution is -2.37. The second kappa shape index (κ2) is 9.08. The molecule has 0 unspecified atom stereocenters. The number of carbonyl (C=O) groups excluding carboxylic acids is 2. The molecular formula is C26H28N4O2S. The smallest absolute Gasteiger partial charge is 0.251 e. The highest BCUT2D eigenvalue weighted by Crippen LogP contribution is 2.33. The minimum atomic E-state index is -0.00615. The normalized spacial score (nSPS) is 15.1. The van der Waals surface area contributed by atoms with E-state index >= 15 is 0 Å². The van der Waals surface area contributed by atoms with E-state index in [4.69, 9.17) is 0 Å². The van der Waals surface area contributed by atoms with E-state index in [-0.39, 0.29) is 11.8 Å². The number of carbonyl (C=O) groups is 2. The summed E-state index contributed by atoms with van der Waals surface area (Å²) in [5, 5.41) is 6.14. The van der Waals surface area contributed by atoms with Crippen LogP contribution in [0.4, 0.5) is 5.69 Å². The SMILES string of the molecule is Cc1nc(-c2ccc3c(c2)CCN3C(=O)CN(C)Cc2ccc(C(=O)NC3CC3)cc2)cs1. The maximum absolute atomic E-state index is 13.0. The molecule has 2 aromatic carbocycles. The van der Waals surface area contributed by atoms with Crippen molar-refractivity contribution in [3.05, 3.63) is 69.5 Å². The molecule has 0 bridgehead atoms. The molecule has 2 heterocycles. The van der Waals surface area contributed by atoms with Crippen LogP contribution in [0.15, 0.2) is 47.8 Å². The molecule has 0 radical (unpaired) electrons. The molecule has 7 heteroatoms. The molecule has 2 aliphatic rings. The minimum absolute atomic E-state index is 0.00615. The van der Waals surface area contributed by atoms with Gasteiger partial charge in [-0.05, 0) is 68.6 Å². The van der Waals surface area contributed by atoms with Gasteiger partial charge in [-0.3, -0.25) is 14.5 Å². The first-order valence-electron chi connectivity index (χ1n) is 11.4. The van der Waals surface area contributed by atoms with Gasteiger partial charge in [-0.2, -0.15) is 0 Å². The Kier molecular flexibility index (Phi) is 6.00. The molecule has 0 spiro atoms. The van der Waals surface area contributed by atoms with Gasteiger partial charge in [0, 0.05) is 41.3 Å². The van der Waals surface area contributed by atoms with Gasteiger partial charge in [-0.1, -0.05) is 18.2 Å². The Hall–Kier alpha value is -3.03. The van der Waals surface area contributed by atoms with Crippen molar-refractivity contribution in [2.24, 2.45) is 0 Å². The number of rotatable bonds is 7. The highest BCUT2D eigenvalue weighted by molar-refractivity contribution is 7.09. The van der Waals surface area contributed by atoms with E-state index in [0.717, 1.165) is 46.8 Å². The fraction of sp³-hybridized carbons (Fsp3) is 0.346. The largest absolute Gasteiger partial charge is 0.349 e. The van der Waals surface area contributed by atoms with E-state index < -0.39 is 0 Å². The predicted molar refractivity (Wildman–Crippen MR) is 132 cm³/mol. The summed E-state index contributed by atoms with van der Waals surface area (Å²) in [4.78, 5) is 33.7. The maximum atomic E-state index is 13.0. The predicted octanol–water partition coefficient (Wildman–Crippen LogP) is 4.03. The summed E-state index contributed by atoms with van der Waals surface area (Å²) in [5.41, 5.74) is 6.09. The zero-order chi connectivity index (χ0) is 22.9. The average Bonchev–Trinajstić information content (AvgIpc) is 3.33. The van der Waals surface area contributed by atoms with Gasteiger partial charge in [0.15, 0.2) is 0 Å². The van der Waals surface area contributed by atoms with E-state index in [2.05, 4.69) is 33.9 Å². The van der Waals surface area contributed by atoms with Crippen molar-refractivity contribution in [3.8, 4) is 11.3 Å². The Morgan fingerprint density at radius 3 is 2.67 bits per heavy atom. The molecule has 33 heavy (non-hydrogen) atoms. The molecule has 1 aliphatic heterocycles. The molecule has 5 rings (SSSR count). The van der Waals surface area contributed by atoms with Crippen molar-refractivity contribution >= 4 is 28.8 Å². The molecule has 0 saturated heterocycles. The lowest BCUT2D eigenvalue weighted by atomic mass is 10.1. The Labute approximate surface area is 198 Å². The number of hydrogen-bond donors (Lipinski definition) is 1. The number of hydrogen-bond acceptors (Lipinski definition) is 5. The molecule has 1 saturated carbocycles. The fourth-order valence-electron chi connectivity index (χ4n) is 4.26. The van der Waals surface area contributed by atoms with Crippen molar-refractivity contribution in [3.63, 3.8) is 0 Å². The number of benzene rings is 2. The van der Waals surface area contributed by atoms with Crippen LogP contribution < -0.4 is 10.2 Å². The van der Waals surface area contributed by atoms with Crippen LogP contribution in [0.3, 0.4) is 0 Å². The summed E-state index contributed by atoms with van der Waals surface area (Å²) < 4.78 is 0. The number of anilines is 1. The lowest BCUT2D eigenvalue weighted by Gasteiger charge is -2.22.